The summed E-state index contributed by atoms with van der Waals surface area (Å²) in [5, 5.41) is 2.81. The second-order valence-corrected chi connectivity index (χ2v) is 10.9. The third-order valence-electron chi connectivity index (χ3n) is 6.34. The molecule has 0 saturated carbocycles. The molecule has 3 atom stereocenters. The maximum Gasteiger partial charge on any atom is 0.270 e. The van der Waals surface area contributed by atoms with Crippen molar-refractivity contribution >= 4 is 29.5 Å². The van der Waals surface area contributed by atoms with Gasteiger partial charge in [-0.05, 0) is 37.0 Å². The predicted octanol–water partition coefficient (Wildman–Crippen LogP) is 2.13. The second-order valence-electron chi connectivity index (χ2n) is 10.9. The Morgan fingerprint density at radius 3 is 1.73 bits per heavy atom. The van der Waals surface area contributed by atoms with Gasteiger partial charge in [-0.25, -0.2) is 0 Å². The Morgan fingerprint density at radius 2 is 1.32 bits per heavy atom. The van der Waals surface area contributed by atoms with Gasteiger partial charge in [0.1, 0.15) is 23.8 Å². The fourth-order valence-electron chi connectivity index (χ4n) is 3.96. The van der Waals surface area contributed by atoms with E-state index in [2.05, 4.69) is 11.9 Å². The number of nitrogens with two attached hydrogens (primary N) is 1. The van der Waals surface area contributed by atoms with Crippen molar-refractivity contribution in [2.24, 2.45) is 23.5 Å². The van der Waals surface area contributed by atoms with Crippen LogP contribution >= 0.6 is 0 Å². The third-order valence-corrected chi connectivity index (χ3v) is 6.34. The van der Waals surface area contributed by atoms with Gasteiger partial charge in [0.2, 0.25) is 23.6 Å². The van der Waals surface area contributed by atoms with Gasteiger partial charge in [0.15, 0.2) is 0 Å². The normalized spacial score (nSPS) is 13.6. The Balaban J connectivity index is 5.94. The Kier molecular flexibility index (Phi) is 14.2. The lowest BCUT2D eigenvalue weighted by Crippen LogP contribution is -2.59. The summed E-state index contributed by atoms with van der Waals surface area (Å²) in [6.45, 7) is 16.9. The zero-order valence-electron chi connectivity index (χ0n) is 24.5. The van der Waals surface area contributed by atoms with E-state index in [1.807, 2.05) is 34.6 Å². The lowest BCUT2D eigenvalue weighted by molar-refractivity contribution is -0.144. The Bertz CT molecular complexity index is 839. The van der Waals surface area contributed by atoms with Gasteiger partial charge in [-0.1, -0.05) is 55.0 Å². The molecule has 0 radical (unpaired) electrons. The molecule has 0 aromatic rings. The number of carbonyl (C=O) groups is 5. The van der Waals surface area contributed by atoms with Crippen LogP contribution in [-0.2, 0) is 24.0 Å². The van der Waals surface area contributed by atoms with Gasteiger partial charge >= 0.3 is 0 Å². The molecule has 0 aliphatic heterocycles. The number of amides is 5. The molecule has 0 heterocycles. The molecule has 37 heavy (non-hydrogen) atoms. The molecule has 5 amide bonds. The van der Waals surface area contributed by atoms with Crippen molar-refractivity contribution < 1.29 is 24.0 Å². The fraction of sp³-hybridized carbons (Fsp3) is 0.741. The smallest absolute Gasteiger partial charge is 0.270 e. The summed E-state index contributed by atoms with van der Waals surface area (Å²) in [5.74, 6) is -2.44. The van der Waals surface area contributed by atoms with Crippen molar-refractivity contribution in [1.29, 1.82) is 0 Å². The molecule has 0 rings (SSSR count). The highest BCUT2D eigenvalue weighted by Gasteiger charge is 2.36. The minimum atomic E-state index is -0.929. The summed E-state index contributed by atoms with van der Waals surface area (Å²) in [4.78, 5) is 68.2. The van der Waals surface area contributed by atoms with Gasteiger partial charge in [-0.2, -0.15) is 0 Å². The van der Waals surface area contributed by atoms with Crippen LogP contribution < -0.4 is 11.1 Å². The van der Waals surface area contributed by atoms with Crippen LogP contribution in [0, 0.1) is 17.8 Å². The number of nitrogens with one attached hydrogen (secondary N) is 1. The molecule has 212 valence electrons. The summed E-state index contributed by atoms with van der Waals surface area (Å²) in [6.07, 6.45) is 1.64. The van der Waals surface area contributed by atoms with Crippen LogP contribution in [0.4, 0.5) is 0 Å². The Labute approximate surface area is 223 Å². The van der Waals surface area contributed by atoms with Crippen LogP contribution in [-0.4, -0.2) is 83.5 Å². The van der Waals surface area contributed by atoms with Crippen LogP contribution in [0.25, 0.3) is 0 Å². The highest BCUT2D eigenvalue weighted by molar-refractivity contribution is 6.00. The van der Waals surface area contributed by atoms with E-state index < -0.39 is 41.8 Å². The van der Waals surface area contributed by atoms with Gasteiger partial charge < -0.3 is 25.8 Å². The van der Waals surface area contributed by atoms with E-state index in [4.69, 9.17) is 5.73 Å². The molecular weight excluding hydrogens is 474 g/mol. The number of hydrogen-bond acceptors (Lipinski definition) is 5. The fourth-order valence-corrected chi connectivity index (χ4v) is 3.96. The van der Waals surface area contributed by atoms with Gasteiger partial charge in [0.05, 0.1) is 0 Å². The highest BCUT2D eigenvalue weighted by atomic mass is 16.2. The van der Waals surface area contributed by atoms with Crippen molar-refractivity contribution in [1.82, 2.24) is 20.0 Å². The van der Waals surface area contributed by atoms with E-state index in [-0.39, 0.29) is 35.8 Å². The van der Waals surface area contributed by atoms with Gasteiger partial charge in [0.25, 0.3) is 5.91 Å². The first-order valence-corrected chi connectivity index (χ1v) is 13.1. The summed E-state index contributed by atoms with van der Waals surface area (Å²) in [7, 11) is 4.48. The number of carbonyl (C=O) groups excluding carboxylic acids is 5. The van der Waals surface area contributed by atoms with Crippen LogP contribution in [0.5, 0.6) is 0 Å². The quantitative estimate of drug-likeness (QED) is 0.317. The first-order chi connectivity index (χ1) is 17.0. The highest BCUT2D eigenvalue weighted by Crippen LogP contribution is 2.18. The van der Waals surface area contributed by atoms with Crippen LogP contribution in [0.15, 0.2) is 12.3 Å². The van der Waals surface area contributed by atoms with E-state index in [9.17, 15) is 24.0 Å². The molecule has 0 unspecified atom stereocenters. The standard InChI is InChI=1S/C27H49N5O5/c1-12-13-22(33)30(9)19(8)26(36)32(11)21(15-17(4)5)25(35)29-23(18(6)7)27(37)31(10)20(24(28)34)14-16(2)3/h16-18,20-21,23H,8,12-15H2,1-7,9-11H3,(H2,28,34)(H,29,35)/t20-,21-,23-/m0/s1. The van der Waals surface area contributed by atoms with E-state index in [1.54, 1.807) is 13.8 Å². The van der Waals surface area contributed by atoms with Crippen molar-refractivity contribution in [2.75, 3.05) is 21.1 Å². The van der Waals surface area contributed by atoms with Crippen LogP contribution in [0.2, 0.25) is 0 Å². The number of likely N-dealkylation sites (N-methyl/N-ethyl adjacent to an activating group) is 3. The number of nitrogens with zero attached hydrogens (tertiary/aromatic N) is 3. The summed E-state index contributed by atoms with van der Waals surface area (Å²) >= 11 is 0. The molecule has 10 nitrogen and oxygen atoms in total. The van der Waals surface area contributed by atoms with Gasteiger partial charge in [0, 0.05) is 27.6 Å². The molecule has 0 spiro atoms. The van der Waals surface area contributed by atoms with E-state index in [1.165, 1.54) is 35.8 Å². The molecule has 0 aromatic heterocycles. The maximum atomic E-state index is 13.5. The average Bonchev–Trinajstić information content (AvgIpc) is 2.80. The minimum Gasteiger partial charge on any atom is -0.368 e. The molecule has 10 heteroatoms. The minimum absolute atomic E-state index is 0.0308. The topological polar surface area (TPSA) is 133 Å². The molecule has 0 bridgehead atoms. The van der Waals surface area contributed by atoms with E-state index >= 15 is 0 Å². The van der Waals surface area contributed by atoms with Crippen molar-refractivity contribution in [3.05, 3.63) is 12.3 Å². The molecule has 0 aromatic carbocycles. The largest absolute Gasteiger partial charge is 0.368 e. The lowest BCUT2D eigenvalue weighted by Gasteiger charge is -2.35. The lowest BCUT2D eigenvalue weighted by atomic mass is 9.97. The summed E-state index contributed by atoms with van der Waals surface area (Å²) in [5.41, 5.74) is 5.54. The average molecular weight is 524 g/mol. The third kappa shape index (κ3) is 10.2. The predicted molar refractivity (Wildman–Crippen MR) is 145 cm³/mol. The first kappa shape index (κ1) is 34.1. The molecule has 0 fully saturated rings. The molecule has 0 aliphatic carbocycles. The van der Waals surface area contributed by atoms with Crippen molar-refractivity contribution in [3.8, 4) is 0 Å². The number of rotatable bonds is 15. The first-order valence-electron chi connectivity index (χ1n) is 13.1. The monoisotopic (exact) mass is 523 g/mol. The van der Waals surface area contributed by atoms with Gasteiger partial charge in [-0.3, -0.25) is 24.0 Å². The maximum absolute atomic E-state index is 13.5. The number of hydrogen-bond donors (Lipinski definition) is 2. The Hall–Kier alpha value is -2.91. The second kappa shape index (κ2) is 15.4. The van der Waals surface area contributed by atoms with E-state index in [0.29, 0.717) is 19.3 Å². The molecule has 3 N–H and O–H groups in total. The SMILES string of the molecule is C=C(C(=O)N(C)[C@@H](CC(C)C)C(=O)N[C@H](C(=O)N(C)[C@@H](CC(C)C)C(N)=O)C(C)C)N(C)C(=O)CCC. The molecule has 0 saturated heterocycles. The van der Waals surface area contributed by atoms with Crippen molar-refractivity contribution in [3.63, 3.8) is 0 Å². The molecule has 0 aliphatic rings. The molecular formula is C27H49N5O5. The van der Waals surface area contributed by atoms with Crippen LogP contribution in [0.3, 0.4) is 0 Å². The summed E-state index contributed by atoms with van der Waals surface area (Å²) < 4.78 is 0. The van der Waals surface area contributed by atoms with Gasteiger partial charge in [-0.15, -0.1) is 0 Å². The summed E-state index contributed by atoms with van der Waals surface area (Å²) in [6, 6.07) is -2.64. The zero-order valence-corrected chi connectivity index (χ0v) is 24.5. The zero-order chi connectivity index (χ0) is 29.2. The Morgan fingerprint density at radius 1 is 0.838 bits per heavy atom. The van der Waals surface area contributed by atoms with E-state index in [0.717, 1.165) is 0 Å². The number of primary amides is 1. The van der Waals surface area contributed by atoms with Crippen molar-refractivity contribution in [2.45, 2.75) is 92.3 Å². The van der Waals surface area contributed by atoms with Crippen LogP contribution in [0.1, 0.15) is 74.1 Å².